The number of thioether (sulfide) groups is 2. The second-order valence-electron chi connectivity index (χ2n) is 4.68. The summed E-state index contributed by atoms with van der Waals surface area (Å²) in [6, 6.07) is 16.2. The molecule has 0 N–H and O–H groups in total. The highest BCUT2D eigenvalue weighted by Crippen LogP contribution is 2.27. The molecule has 0 saturated heterocycles. The van der Waals surface area contributed by atoms with Gasteiger partial charge in [-0.3, -0.25) is 0 Å². The molecule has 0 radical (unpaired) electrons. The molecule has 0 amide bonds. The van der Waals surface area contributed by atoms with E-state index >= 15 is 0 Å². The van der Waals surface area contributed by atoms with E-state index in [0.717, 1.165) is 22.3 Å². The van der Waals surface area contributed by atoms with Gasteiger partial charge in [0.1, 0.15) is 11.4 Å². The minimum atomic E-state index is 0.739. The number of rotatable bonds is 6. The van der Waals surface area contributed by atoms with Crippen molar-refractivity contribution in [2.45, 2.75) is 15.8 Å². The molecule has 0 aliphatic heterocycles. The van der Waals surface area contributed by atoms with E-state index in [1.165, 1.54) is 10.5 Å². The maximum atomic E-state index is 5.38. The summed E-state index contributed by atoms with van der Waals surface area (Å²) in [4.78, 5) is 1.26. The number of nitrogens with zero attached hydrogens (tertiary/aromatic N) is 4. The van der Waals surface area contributed by atoms with Crippen LogP contribution >= 0.6 is 23.5 Å². The molecule has 0 bridgehead atoms. The molecule has 0 spiro atoms. The van der Waals surface area contributed by atoms with E-state index in [2.05, 4.69) is 46.0 Å². The lowest BCUT2D eigenvalue weighted by Crippen LogP contribution is -2.01. The third-order valence-corrected chi connectivity index (χ3v) is 5.02. The van der Waals surface area contributed by atoms with Crippen LogP contribution in [0, 0.1) is 0 Å². The molecular formula is C16H16N4OS2. The molecule has 0 fully saturated rings. The predicted molar refractivity (Wildman–Crippen MR) is 93.5 cm³/mol. The van der Waals surface area contributed by atoms with Crippen LogP contribution < -0.4 is 4.74 Å². The van der Waals surface area contributed by atoms with E-state index in [1.54, 1.807) is 35.3 Å². The van der Waals surface area contributed by atoms with E-state index in [1.807, 2.05) is 24.3 Å². The summed E-state index contributed by atoms with van der Waals surface area (Å²) in [7, 11) is 1.64. The van der Waals surface area contributed by atoms with Gasteiger partial charge in [-0.1, -0.05) is 36.0 Å². The quantitative estimate of drug-likeness (QED) is 0.636. The normalized spacial score (nSPS) is 10.7. The van der Waals surface area contributed by atoms with Crippen molar-refractivity contribution < 1.29 is 4.74 Å². The van der Waals surface area contributed by atoms with Crippen LogP contribution in [0.1, 0.15) is 5.56 Å². The molecule has 0 atom stereocenters. The fourth-order valence-electron chi connectivity index (χ4n) is 2.09. The number of ether oxygens (including phenoxy) is 1. The molecule has 118 valence electrons. The standard InChI is InChI=1S/C16H16N4OS2/c1-21-15-6-4-3-5-14(15)20-16(17-18-19-20)23-11-12-7-9-13(22-2)10-8-12/h3-10H,11H2,1-2H3. The lowest BCUT2D eigenvalue weighted by atomic mass is 10.2. The van der Waals surface area contributed by atoms with E-state index in [0.29, 0.717) is 0 Å². The van der Waals surface area contributed by atoms with Gasteiger partial charge in [0, 0.05) is 10.6 Å². The predicted octanol–water partition coefficient (Wildman–Crippen LogP) is 3.69. The Labute approximate surface area is 143 Å². The minimum Gasteiger partial charge on any atom is -0.494 e. The van der Waals surface area contributed by atoms with Crippen molar-refractivity contribution in [2.24, 2.45) is 0 Å². The van der Waals surface area contributed by atoms with Gasteiger partial charge in [0.15, 0.2) is 0 Å². The molecule has 1 aromatic heterocycles. The van der Waals surface area contributed by atoms with Crippen molar-refractivity contribution in [1.29, 1.82) is 0 Å². The summed E-state index contributed by atoms with van der Waals surface area (Å²) in [6.07, 6.45) is 2.07. The van der Waals surface area contributed by atoms with Crippen LogP contribution in [-0.2, 0) is 5.75 Å². The van der Waals surface area contributed by atoms with Crippen LogP contribution in [0.2, 0.25) is 0 Å². The van der Waals surface area contributed by atoms with Gasteiger partial charge >= 0.3 is 0 Å². The van der Waals surface area contributed by atoms with Gasteiger partial charge in [0.25, 0.3) is 0 Å². The summed E-state index contributed by atoms with van der Waals surface area (Å²) >= 11 is 3.34. The SMILES string of the molecule is COc1ccccc1-n1nnnc1SCc1ccc(SC)cc1. The largest absolute Gasteiger partial charge is 0.494 e. The monoisotopic (exact) mass is 344 g/mol. The lowest BCUT2D eigenvalue weighted by molar-refractivity contribution is 0.410. The first-order chi connectivity index (χ1) is 11.3. The third kappa shape index (κ3) is 3.68. The summed E-state index contributed by atoms with van der Waals surface area (Å²) in [5.41, 5.74) is 2.07. The lowest BCUT2D eigenvalue weighted by Gasteiger charge is -2.09. The van der Waals surface area contributed by atoms with Crippen molar-refractivity contribution in [3.63, 3.8) is 0 Å². The number of benzene rings is 2. The zero-order valence-corrected chi connectivity index (χ0v) is 14.5. The van der Waals surface area contributed by atoms with Gasteiger partial charge in [-0.05, 0) is 46.5 Å². The Hall–Kier alpha value is -1.99. The summed E-state index contributed by atoms with van der Waals surface area (Å²) < 4.78 is 7.09. The molecule has 7 heteroatoms. The molecule has 3 aromatic rings. The maximum Gasteiger partial charge on any atom is 0.214 e. The zero-order chi connectivity index (χ0) is 16.1. The second kappa shape index (κ2) is 7.52. The summed E-state index contributed by atoms with van der Waals surface area (Å²) in [5, 5.41) is 12.7. The summed E-state index contributed by atoms with van der Waals surface area (Å²) in [5.74, 6) is 1.55. The molecular weight excluding hydrogens is 328 g/mol. The fourth-order valence-corrected chi connectivity index (χ4v) is 3.34. The number of hydrogen-bond donors (Lipinski definition) is 0. The molecule has 0 aliphatic carbocycles. The number of para-hydroxylation sites is 2. The van der Waals surface area contributed by atoms with Crippen molar-refractivity contribution in [3.05, 3.63) is 54.1 Å². The minimum absolute atomic E-state index is 0.739. The maximum absolute atomic E-state index is 5.38. The highest BCUT2D eigenvalue weighted by Gasteiger charge is 2.12. The van der Waals surface area contributed by atoms with Crippen LogP contribution in [-0.4, -0.2) is 33.6 Å². The third-order valence-electron chi connectivity index (χ3n) is 3.28. The number of tetrazole rings is 1. The molecule has 1 heterocycles. The fraction of sp³-hybridized carbons (Fsp3) is 0.188. The number of aromatic nitrogens is 4. The van der Waals surface area contributed by atoms with Crippen molar-refractivity contribution in [1.82, 2.24) is 20.2 Å². The molecule has 0 saturated carbocycles. The van der Waals surface area contributed by atoms with Crippen molar-refractivity contribution in [3.8, 4) is 11.4 Å². The van der Waals surface area contributed by atoms with Crippen LogP contribution in [0.25, 0.3) is 5.69 Å². The Morgan fingerprint density at radius 3 is 2.61 bits per heavy atom. The smallest absolute Gasteiger partial charge is 0.214 e. The van der Waals surface area contributed by atoms with Crippen LogP contribution in [0.5, 0.6) is 5.75 Å². The van der Waals surface area contributed by atoms with Gasteiger partial charge in [-0.15, -0.1) is 16.9 Å². The van der Waals surface area contributed by atoms with Gasteiger partial charge in [-0.2, -0.15) is 4.68 Å². The first kappa shape index (κ1) is 15.9. The Kier molecular flexibility index (Phi) is 5.19. The van der Waals surface area contributed by atoms with Gasteiger partial charge in [0.2, 0.25) is 5.16 Å². The molecule has 3 rings (SSSR count). The number of methoxy groups -OCH3 is 1. The Morgan fingerprint density at radius 1 is 1.09 bits per heavy atom. The van der Waals surface area contributed by atoms with Crippen LogP contribution in [0.15, 0.2) is 58.6 Å². The highest BCUT2D eigenvalue weighted by molar-refractivity contribution is 7.98. The first-order valence-electron chi connectivity index (χ1n) is 6.99. The van der Waals surface area contributed by atoms with E-state index < -0.39 is 0 Å². The molecule has 5 nitrogen and oxygen atoms in total. The first-order valence-corrected chi connectivity index (χ1v) is 9.20. The zero-order valence-electron chi connectivity index (χ0n) is 12.8. The number of hydrogen-bond acceptors (Lipinski definition) is 6. The topological polar surface area (TPSA) is 52.8 Å². The van der Waals surface area contributed by atoms with Gasteiger partial charge < -0.3 is 4.74 Å². The van der Waals surface area contributed by atoms with Crippen LogP contribution in [0.4, 0.5) is 0 Å². The Bertz CT molecular complexity index is 774. The molecule has 2 aromatic carbocycles. The molecule has 0 unspecified atom stereocenters. The van der Waals surface area contributed by atoms with E-state index in [9.17, 15) is 0 Å². The van der Waals surface area contributed by atoms with Crippen LogP contribution in [0.3, 0.4) is 0 Å². The summed E-state index contributed by atoms with van der Waals surface area (Å²) in [6.45, 7) is 0. The molecule has 0 aliphatic rings. The van der Waals surface area contributed by atoms with Crippen molar-refractivity contribution in [2.75, 3.05) is 13.4 Å². The van der Waals surface area contributed by atoms with Crippen molar-refractivity contribution >= 4 is 23.5 Å². The molecule has 23 heavy (non-hydrogen) atoms. The van der Waals surface area contributed by atoms with Gasteiger partial charge in [-0.25, -0.2) is 0 Å². The van der Waals surface area contributed by atoms with E-state index in [4.69, 9.17) is 4.74 Å². The average Bonchev–Trinajstić information content (AvgIpc) is 3.08. The van der Waals surface area contributed by atoms with E-state index in [-0.39, 0.29) is 0 Å². The van der Waals surface area contributed by atoms with Gasteiger partial charge in [0.05, 0.1) is 7.11 Å². The Balaban J connectivity index is 1.78. The second-order valence-corrected chi connectivity index (χ2v) is 6.50. The Morgan fingerprint density at radius 2 is 1.87 bits per heavy atom. The highest BCUT2D eigenvalue weighted by atomic mass is 32.2. The average molecular weight is 344 g/mol.